The lowest BCUT2D eigenvalue weighted by atomic mass is 10.2. The number of hydrogen-bond donors (Lipinski definition) is 0. The van der Waals surface area contributed by atoms with Crippen LogP contribution < -0.4 is 0 Å². The van der Waals surface area contributed by atoms with E-state index in [4.69, 9.17) is 4.74 Å². The van der Waals surface area contributed by atoms with E-state index in [1.807, 2.05) is 31.2 Å². The SMILES string of the molecule is CCc1c(C(=O)OC)nnn1Cc1nc2ccccc2s1. The summed E-state index contributed by atoms with van der Waals surface area (Å²) in [6.07, 6.45) is 0.655. The lowest BCUT2D eigenvalue weighted by Crippen LogP contribution is -2.09. The summed E-state index contributed by atoms with van der Waals surface area (Å²) < 4.78 is 7.57. The number of nitrogens with zero attached hydrogens (tertiary/aromatic N) is 4. The molecule has 0 bridgehead atoms. The Hall–Kier alpha value is -2.28. The molecule has 0 N–H and O–H groups in total. The van der Waals surface area contributed by atoms with Crippen molar-refractivity contribution in [1.29, 1.82) is 0 Å². The molecule has 0 amide bonds. The number of ether oxygens (including phenoxy) is 1. The summed E-state index contributed by atoms with van der Waals surface area (Å²) in [6.45, 7) is 2.46. The standard InChI is InChI=1S/C14H14N4O2S/c1-3-10-13(14(19)20-2)16-17-18(10)8-12-15-9-6-4-5-7-11(9)21-12/h4-7H,3,8H2,1-2H3. The number of fused-ring (bicyclic) bond motifs is 1. The van der Waals surface area contributed by atoms with Gasteiger partial charge in [0.25, 0.3) is 0 Å². The van der Waals surface area contributed by atoms with Crippen LogP contribution in [0.5, 0.6) is 0 Å². The smallest absolute Gasteiger partial charge is 0.360 e. The van der Waals surface area contributed by atoms with E-state index < -0.39 is 5.97 Å². The second kappa shape index (κ2) is 5.61. The molecule has 3 aromatic rings. The van der Waals surface area contributed by atoms with Gasteiger partial charge in [0.15, 0.2) is 5.69 Å². The van der Waals surface area contributed by atoms with Crippen molar-refractivity contribution >= 4 is 27.5 Å². The van der Waals surface area contributed by atoms with Crippen LogP contribution in [-0.4, -0.2) is 33.1 Å². The molecule has 0 saturated carbocycles. The van der Waals surface area contributed by atoms with Gasteiger partial charge in [-0.15, -0.1) is 16.4 Å². The van der Waals surface area contributed by atoms with Crippen LogP contribution in [0.25, 0.3) is 10.2 Å². The van der Waals surface area contributed by atoms with E-state index in [-0.39, 0.29) is 5.69 Å². The van der Waals surface area contributed by atoms with E-state index in [2.05, 4.69) is 15.3 Å². The first-order valence-corrected chi connectivity index (χ1v) is 7.39. The summed E-state index contributed by atoms with van der Waals surface area (Å²) in [5.74, 6) is -0.456. The largest absolute Gasteiger partial charge is 0.464 e. The Kier molecular flexibility index (Phi) is 3.66. The predicted molar refractivity (Wildman–Crippen MR) is 79.5 cm³/mol. The number of methoxy groups -OCH3 is 1. The molecule has 0 fully saturated rings. The zero-order chi connectivity index (χ0) is 14.8. The lowest BCUT2D eigenvalue weighted by molar-refractivity contribution is 0.0592. The number of esters is 1. The summed E-state index contributed by atoms with van der Waals surface area (Å²) in [7, 11) is 1.34. The van der Waals surface area contributed by atoms with Gasteiger partial charge in [0.2, 0.25) is 0 Å². The first-order chi connectivity index (χ1) is 10.2. The molecule has 2 heterocycles. The van der Waals surface area contributed by atoms with Gasteiger partial charge in [-0.3, -0.25) is 0 Å². The molecule has 2 aromatic heterocycles. The number of thiazole rings is 1. The minimum Gasteiger partial charge on any atom is -0.464 e. The monoisotopic (exact) mass is 302 g/mol. The maximum atomic E-state index is 11.6. The van der Waals surface area contributed by atoms with E-state index in [1.165, 1.54) is 7.11 Å². The molecule has 0 aliphatic heterocycles. The first kappa shape index (κ1) is 13.7. The summed E-state index contributed by atoms with van der Waals surface area (Å²) in [4.78, 5) is 16.2. The zero-order valence-corrected chi connectivity index (χ0v) is 12.6. The van der Waals surface area contributed by atoms with E-state index in [0.717, 1.165) is 20.9 Å². The second-order valence-electron chi connectivity index (χ2n) is 4.46. The fraction of sp³-hybridized carbons (Fsp3) is 0.286. The molecule has 0 aliphatic rings. The van der Waals surface area contributed by atoms with Crippen molar-refractivity contribution in [2.24, 2.45) is 0 Å². The maximum absolute atomic E-state index is 11.6. The van der Waals surface area contributed by atoms with Crippen LogP contribution in [0.3, 0.4) is 0 Å². The normalized spacial score (nSPS) is 11.0. The molecule has 1 aromatic carbocycles. The van der Waals surface area contributed by atoms with Crippen LogP contribution in [0, 0.1) is 0 Å². The number of para-hydroxylation sites is 1. The van der Waals surface area contributed by atoms with Crippen LogP contribution in [0.2, 0.25) is 0 Å². The number of benzene rings is 1. The van der Waals surface area contributed by atoms with Gasteiger partial charge in [0, 0.05) is 0 Å². The molecule has 0 unspecified atom stereocenters. The van der Waals surface area contributed by atoms with Crippen LogP contribution in [0.1, 0.15) is 28.1 Å². The molecule has 0 atom stereocenters. The lowest BCUT2D eigenvalue weighted by Gasteiger charge is -2.03. The summed E-state index contributed by atoms with van der Waals surface area (Å²) in [6, 6.07) is 7.98. The Labute approximate surface area is 125 Å². The Morgan fingerprint density at radius 1 is 1.38 bits per heavy atom. The highest BCUT2D eigenvalue weighted by Gasteiger charge is 2.19. The molecule has 21 heavy (non-hydrogen) atoms. The molecule has 108 valence electrons. The van der Waals surface area contributed by atoms with Crippen molar-refractivity contribution in [3.05, 3.63) is 40.7 Å². The molecule has 7 heteroatoms. The molecule has 0 saturated heterocycles. The van der Waals surface area contributed by atoms with Gasteiger partial charge in [-0.2, -0.15) is 0 Å². The molecular weight excluding hydrogens is 288 g/mol. The number of carbonyl (C=O) groups is 1. The molecule has 0 spiro atoms. The van der Waals surface area contributed by atoms with Gasteiger partial charge in [-0.1, -0.05) is 24.3 Å². The topological polar surface area (TPSA) is 69.9 Å². The highest BCUT2D eigenvalue weighted by atomic mass is 32.1. The summed E-state index contributed by atoms with van der Waals surface area (Å²) in [5.41, 5.74) is 2.02. The van der Waals surface area contributed by atoms with Crippen molar-refractivity contribution in [3.63, 3.8) is 0 Å². The fourth-order valence-electron chi connectivity index (χ4n) is 2.18. The molecule has 0 radical (unpaired) electrons. The Bertz CT molecular complexity index is 760. The minimum atomic E-state index is -0.456. The number of carbonyl (C=O) groups excluding carboxylic acids is 1. The highest BCUT2D eigenvalue weighted by molar-refractivity contribution is 7.18. The van der Waals surface area contributed by atoms with E-state index in [0.29, 0.717) is 13.0 Å². The van der Waals surface area contributed by atoms with Gasteiger partial charge < -0.3 is 4.74 Å². The number of aromatic nitrogens is 4. The highest BCUT2D eigenvalue weighted by Crippen LogP contribution is 2.22. The van der Waals surface area contributed by atoms with Crippen molar-refractivity contribution in [2.75, 3.05) is 7.11 Å². The van der Waals surface area contributed by atoms with Crippen LogP contribution >= 0.6 is 11.3 Å². The Balaban J connectivity index is 1.94. The van der Waals surface area contributed by atoms with Crippen molar-refractivity contribution in [1.82, 2.24) is 20.0 Å². The van der Waals surface area contributed by atoms with Gasteiger partial charge in [0.1, 0.15) is 5.01 Å². The summed E-state index contributed by atoms with van der Waals surface area (Å²) in [5, 5.41) is 8.91. The van der Waals surface area contributed by atoms with Gasteiger partial charge in [-0.25, -0.2) is 14.5 Å². The van der Waals surface area contributed by atoms with Crippen LogP contribution in [0.15, 0.2) is 24.3 Å². The third kappa shape index (κ3) is 2.52. The van der Waals surface area contributed by atoms with E-state index in [1.54, 1.807) is 16.0 Å². The van der Waals surface area contributed by atoms with Crippen molar-refractivity contribution in [2.45, 2.75) is 19.9 Å². The zero-order valence-electron chi connectivity index (χ0n) is 11.7. The molecule has 0 aliphatic carbocycles. The quantitative estimate of drug-likeness (QED) is 0.692. The fourth-order valence-corrected chi connectivity index (χ4v) is 3.13. The summed E-state index contributed by atoms with van der Waals surface area (Å²) >= 11 is 1.62. The average Bonchev–Trinajstić information content (AvgIpc) is 3.09. The van der Waals surface area contributed by atoms with Crippen LogP contribution in [-0.2, 0) is 17.7 Å². The van der Waals surface area contributed by atoms with Gasteiger partial charge in [0.05, 0.1) is 29.6 Å². The van der Waals surface area contributed by atoms with Gasteiger partial charge >= 0.3 is 5.97 Å². The molecule has 6 nitrogen and oxygen atoms in total. The third-order valence-corrected chi connectivity index (χ3v) is 4.20. The number of rotatable bonds is 4. The Morgan fingerprint density at radius 3 is 2.90 bits per heavy atom. The first-order valence-electron chi connectivity index (χ1n) is 6.58. The second-order valence-corrected chi connectivity index (χ2v) is 5.58. The molecule has 3 rings (SSSR count). The van der Waals surface area contributed by atoms with Gasteiger partial charge in [-0.05, 0) is 18.6 Å². The van der Waals surface area contributed by atoms with Crippen molar-refractivity contribution < 1.29 is 9.53 Å². The Morgan fingerprint density at radius 2 is 2.19 bits per heavy atom. The van der Waals surface area contributed by atoms with Crippen LogP contribution in [0.4, 0.5) is 0 Å². The maximum Gasteiger partial charge on any atom is 0.360 e. The average molecular weight is 302 g/mol. The minimum absolute atomic E-state index is 0.279. The predicted octanol–water partition coefficient (Wildman–Crippen LogP) is 2.29. The molecular formula is C14H14N4O2S. The third-order valence-electron chi connectivity index (χ3n) is 3.17. The van der Waals surface area contributed by atoms with Crippen molar-refractivity contribution in [3.8, 4) is 0 Å². The van der Waals surface area contributed by atoms with E-state index in [9.17, 15) is 4.79 Å². The van der Waals surface area contributed by atoms with E-state index >= 15 is 0 Å². The number of hydrogen-bond acceptors (Lipinski definition) is 6.